The first-order valence-corrected chi connectivity index (χ1v) is 6.16. The van der Waals surface area contributed by atoms with Crippen LogP contribution in [-0.2, 0) is 11.2 Å². The minimum absolute atomic E-state index is 0.0131. The van der Waals surface area contributed by atoms with Crippen LogP contribution in [0.3, 0.4) is 0 Å². The minimum atomic E-state index is -0.195. The summed E-state index contributed by atoms with van der Waals surface area (Å²) in [6.07, 6.45) is 2.84. The van der Waals surface area contributed by atoms with Gasteiger partial charge in [0.25, 0.3) is 0 Å². The fraction of sp³-hybridized carbons (Fsp3) is 0.500. The Morgan fingerprint density at radius 1 is 1.47 bits per heavy atom. The summed E-state index contributed by atoms with van der Waals surface area (Å²) >= 11 is 0. The van der Waals surface area contributed by atoms with E-state index in [1.807, 2.05) is 13.8 Å². The molecule has 2 nitrogen and oxygen atoms in total. The number of fused-ring (bicyclic) bond motifs is 1. The van der Waals surface area contributed by atoms with Gasteiger partial charge < -0.3 is 5.32 Å². The van der Waals surface area contributed by atoms with Crippen LogP contribution in [0.25, 0.3) is 0 Å². The van der Waals surface area contributed by atoms with E-state index >= 15 is 0 Å². The fourth-order valence-corrected chi connectivity index (χ4v) is 2.27. The Morgan fingerprint density at radius 2 is 2.24 bits per heavy atom. The zero-order valence-corrected chi connectivity index (χ0v) is 10.3. The van der Waals surface area contributed by atoms with Gasteiger partial charge in [-0.2, -0.15) is 0 Å². The van der Waals surface area contributed by atoms with Gasteiger partial charge in [-0.1, -0.05) is 19.9 Å². The largest absolute Gasteiger partial charge is 0.349 e. The minimum Gasteiger partial charge on any atom is -0.349 e. The van der Waals surface area contributed by atoms with Crippen LogP contribution in [0.5, 0.6) is 0 Å². The smallest absolute Gasteiger partial charge is 0.223 e. The van der Waals surface area contributed by atoms with Crippen LogP contribution in [0.2, 0.25) is 0 Å². The standard InChI is InChI=1S/C14H18FNO/c1-9(2)14(17)16-13-5-3-4-10-8-11(15)6-7-12(10)13/h6-9,13H,3-5H2,1-2H3,(H,16,17). The summed E-state index contributed by atoms with van der Waals surface area (Å²) in [7, 11) is 0. The lowest BCUT2D eigenvalue weighted by molar-refractivity contribution is -0.124. The topological polar surface area (TPSA) is 29.1 Å². The van der Waals surface area contributed by atoms with Crippen LogP contribution in [0, 0.1) is 11.7 Å². The molecule has 1 atom stereocenters. The van der Waals surface area contributed by atoms with E-state index in [-0.39, 0.29) is 23.7 Å². The Balaban J connectivity index is 2.20. The Hall–Kier alpha value is -1.38. The average Bonchev–Trinajstić information content (AvgIpc) is 2.28. The maximum Gasteiger partial charge on any atom is 0.223 e. The first kappa shape index (κ1) is 12.1. The molecule has 92 valence electrons. The van der Waals surface area contributed by atoms with Crippen LogP contribution in [0.15, 0.2) is 18.2 Å². The molecule has 1 aliphatic carbocycles. The zero-order valence-electron chi connectivity index (χ0n) is 10.3. The van der Waals surface area contributed by atoms with Gasteiger partial charge in [-0.05, 0) is 42.5 Å². The molecule has 0 bridgehead atoms. The molecule has 1 amide bonds. The molecule has 1 N–H and O–H groups in total. The molecule has 0 saturated carbocycles. The van der Waals surface area contributed by atoms with E-state index in [1.165, 1.54) is 6.07 Å². The monoisotopic (exact) mass is 235 g/mol. The highest BCUT2D eigenvalue weighted by molar-refractivity contribution is 5.78. The van der Waals surface area contributed by atoms with Crippen molar-refractivity contribution >= 4 is 5.91 Å². The summed E-state index contributed by atoms with van der Waals surface area (Å²) in [5.41, 5.74) is 2.11. The first-order valence-electron chi connectivity index (χ1n) is 6.16. The molecule has 1 aliphatic rings. The summed E-state index contributed by atoms with van der Waals surface area (Å²) in [4.78, 5) is 11.7. The number of halogens is 1. The maximum atomic E-state index is 13.1. The molecule has 17 heavy (non-hydrogen) atoms. The number of hydrogen-bond donors (Lipinski definition) is 1. The van der Waals surface area contributed by atoms with Crippen molar-refractivity contribution in [3.8, 4) is 0 Å². The highest BCUT2D eigenvalue weighted by Gasteiger charge is 2.22. The van der Waals surface area contributed by atoms with E-state index in [0.717, 1.165) is 30.4 Å². The van der Waals surface area contributed by atoms with Gasteiger partial charge >= 0.3 is 0 Å². The number of nitrogens with one attached hydrogen (secondary N) is 1. The van der Waals surface area contributed by atoms with Crippen LogP contribution in [0.1, 0.15) is 43.9 Å². The van der Waals surface area contributed by atoms with Gasteiger partial charge in [0.1, 0.15) is 5.82 Å². The first-order chi connectivity index (χ1) is 8.08. The molecule has 0 radical (unpaired) electrons. The van der Waals surface area contributed by atoms with Crippen LogP contribution in [-0.4, -0.2) is 5.91 Å². The lowest BCUT2D eigenvalue weighted by Gasteiger charge is -2.27. The van der Waals surface area contributed by atoms with Gasteiger partial charge in [0.2, 0.25) is 5.91 Å². The van der Waals surface area contributed by atoms with Gasteiger partial charge in [-0.25, -0.2) is 4.39 Å². The number of aryl methyl sites for hydroxylation is 1. The molecule has 0 fully saturated rings. The SMILES string of the molecule is CC(C)C(=O)NC1CCCc2cc(F)ccc21. The summed E-state index contributed by atoms with van der Waals surface area (Å²) in [5.74, 6) is -0.146. The van der Waals surface area contributed by atoms with Crippen LogP contribution < -0.4 is 5.32 Å². The molecular formula is C14H18FNO. The predicted octanol–water partition coefficient (Wildman–Crippen LogP) is 2.98. The highest BCUT2D eigenvalue weighted by Crippen LogP contribution is 2.30. The van der Waals surface area contributed by atoms with Crippen molar-refractivity contribution in [1.29, 1.82) is 0 Å². The van der Waals surface area contributed by atoms with Crippen molar-refractivity contribution < 1.29 is 9.18 Å². The lowest BCUT2D eigenvalue weighted by atomic mass is 9.87. The quantitative estimate of drug-likeness (QED) is 0.839. The molecule has 2 rings (SSSR count). The molecule has 0 saturated heterocycles. The number of carbonyl (C=O) groups is 1. The van der Waals surface area contributed by atoms with Crippen molar-refractivity contribution in [3.63, 3.8) is 0 Å². The van der Waals surface area contributed by atoms with E-state index < -0.39 is 0 Å². The van der Waals surface area contributed by atoms with E-state index in [4.69, 9.17) is 0 Å². The highest BCUT2D eigenvalue weighted by atomic mass is 19.1. The lowest BCUT2D eigenvalue weighted by Crippen LogP contribution is -2.33. The van der Waals surface area contributed by atoms with Crippen molar-refractivity contribution in [2.45, 2.75) is 39.2 Å². The number of carbonyl (C=O) groups excluding carboxylic acids is 1. The van der Waals surface area contributed by atoms with Gasteiger partial charge in [-0.15, -0.1) is 0 Å². The fourth-order valence-electron chi connectivity index (χ4n) is 2.27. The second kappa shape index (κ2) is 4.86. The van der Waals surface area contributed by atoms with Crippen LogP contribution >= 0.6 is 0 Å². The summed E-state index contributed by atoms with van der Waals surface area (Å²) < 4.78 is 13.1. The molecule has 1 unspecified atom stereocenters. The normalized spacial score (nSPS) is 18.9. The Morgan fingerprint density at radius 3 is 2.94 bits per heavy atom. The third-order valence-corrected chi connectivity index (χ3v) is 3.26. The van der Waals surface area contributed by atoms with E-state index in [2.05, 4.69) is 5.32 Å². The van der Waals surface area contributed by atoms with Crippen molar-refractivity contribution in [1.82, 2.24) is 5.32 Å². The number of benzene rings is 1. The Bertz CT molecular complexity index is 428. The second-order valence-corrected chi connectivity index (χ2v) is 4.95. The third kappa shape index (κ3) is 2.65. The van der Waals surface area contributed by atoms with E-state index in [1.54, 1.807) is 12.1 Å². The Kier molecular flexibility index (Phi) is 3.46. The molecule has 0 heterocycles. The molecular weight excluding hydrogens is 217 g/mol. The maximum absolute atomic E-state index is 13.1. The number of amides is 1. The zero-order chi connectivity index (χ0) is 12.4. The molecule has 3 heteroatoms. The van der Waals surface area contributed by atoms with Crippen molar-refractivity contribution in [2.24, 2.45) is 5.92 Å². The van der Waals surface area contributed by atoms with E-state index in [0.29, 0.717) is 0 Å². The predicted molar refractivity (Wildman–Crippen MR) is 65.1 cm³/mol. The summed E-state index contributed by atoms with van der Waals surface area (Å²) in [6, 6.07) is 4.91. The third-order valence-electron chi connectivity index (χ3n) is 3.26. The number of rotatable bonds is 2. The van der Waals surface area contributed by atoms with Crippen molar-refractivity contribution in [3.05, 3.63) is 35.1 Å². The van der Waals surface area contributed by atoms with Gasteiger partial charge in [0, 0.05) is 5.92 Å². The molecule has 0 aliphatic heterocycles. The summed E-state index contributed by atoms with van der Waals surface area (Å²) in [6.45, 7) is 3.76. The van der Waals surface area contributed by atoms with Crippen molar-refractivity contribution in [2.75, 3.05) is 0 Å². The average molecular weight is 235 g/mol. The van der Waals surface area contributed by atoms with Gasteiger partial charge in [0.15, 0.2) is 0 Å². The van der Waals surface area contributed by atoms with E-state index in [9.17, 15) is 9.18 Å². The number of hydrogen-bond acceptors (Lipinski definition) is 1. The molecule has 1 aromatic rings. The molecule has 0 aromatic heterocycles. The molecule has 0 spiro atoms. The summed E-state index contributed by atoms with van der Waals surface area (Å²) in [5, 5.41) is 3.03. The Labute approximate surface area is 101 Å². The molecule has 1 aromatic carbocycles. The van der Waals surface area contributed by atoms with Crippen LogP contribution in [0.4, 0.5) is 4.39 Å². The van der Waals surface area contributed by atoms with Gasteiger partial charge in [-0.3, -0.25) is 4.79 Å². The second-order valence-electron chi connectivity index (χ2n) is 4.95. The van der Waals surface area contributed by atoms with Gasteiger partial charge in [0.05, 0.1) is 6.04 Å².